The van der Waals surface area contributed by atoms with Gasteiger partial charge in [0.05, 0.1) is 12.0 Å². The smallest absolute Gasteiger partial charge is 0.460 e. The Bertz CT molecular complexity index is 1850. The molecule has 2 amide bonds. The average molecular weight is 675 g/mol. The molecule has 16 heteroatoms. The van der Waals surface area contributed by atoms with Gasteiger partial charge in [-0.25, -0.2) is 17.9 Å². The predicted molar refractivity (Wildman–Crippen MR) is 160 cm³/mol. The number of nitrogens with one attached hydrogen (secondary N) is 1. The van der Waals surface area contributed by atoms with Crippen molar-refractivity contribution in [3.63, 3.8) is 0 Å². The Labute approximate surface area is 265 Å². The Morgan fingerprint density at radius 2 is 1.83 bits per heavy atom. The maximum atomic E-state index is 15.5. The number of halogens is 2. The molecule has 1 saturated heterocycles. The molecule has 1 saturated carbocycles. The molecule has 3 atom stereocenters. The van der Waals surface area contributed by atoms with Gasteiger partial charge in [-0.05, 0) is 48.9 Å². The fraction of sp³-hybridized carbons (Fsp3) is 0.367. The number of phosphoric ester groups is 1. The van der Waals surface area contributed by atoms with Crippen LogP contribution in [-0.4, -0.2) is 56.7 Å². The first-order valence-electron chi connectivity index (χ1n) is 14.7. The lowest BCUT2D eigenvalue weighted by molar-refractivity contribution is -0.127. The van der Waals surface area contributed by atoms with Crippen molar-refractivity contribution >= 4 is 31.4 Å². The number of hydrogen-bond acceptors (Lipinski definition) is 8. The first-order valence-corrected chi connectivity index (χ1v) is 17.2. The van der Waals surface area contributed by atoms with Gasteiger partial charge in [0.1, 0.15) is 6.17 Å². The van der Waals surface area contributed by atoms with Gasteiger partial charge in [-0.3, -0.25) is 24.1 Å². The van der Waals surface area contributed by atoms with Crippen LogP contribution in [-0.2, 0) is 19.6 Å². The van der Waals surface area contributed by atoms with Gasteiger partial charge in [-0.15, -0.1) is 11.8 Å². The van der Waals surface area contributed by atoms with Crippen LogP contribution < -0.4 is 20.5 Å². The van der Waals surface area contributed by atoms with E-state index in [4.69, 9.17) is 14.5 Å². The van der Waals surface area contributed by atoms with Gasteiger partial charge in [-0.1, -0.05) is 24.3 Å². The normalized spacial score (nSPS) is 22.3. The molecule has 0 bridgehead atoms. The first kappa shape index (κ1) is 30.9. The lowest BCUT2D eigenvalue weighted by Gasteiger charge is -2.53. The van der Waals surface area contributed by atoms with Crippen LogP contribution in [0.25, 0.3) is 0 Å². The summed E-state index contributed by atoms with van der Waals surface area (Å²) in [5.41, 5.74) is 0.340. The number of benzene rings is 2. The van der Waals surface area contributed by atoms with E-state index in [0.717, 1.165) is 35.4 Å². The van der Waals surface area contributed by atoms with Crippen molar-refractivity contribution in [2.75, 3.05) is 18.3 Å². The number of hydrogen-bond donors (Lipinski definition) is 3. The molecule has 3 aromatic rings. The number of ether oxygens (including phenoxy) is 1. The summed E-state index contributed by atoms with van der Waals surface area (Å²) in [6.45, 7) is -1.02. The van der Waals surface area contributed by atoms with Gasteiger partial charge >= 0.3 is 7.82 Å². The zero-order valence-corrected chi connectivity index (χ0v) is 25.9. The Morgan fingerprint density at radius 1 is 1.04 bits per heavy atom. The van der Waals surface area contributed by atoms with Gasteiger partial charge in [0.2, 0.25) is 23.9 Å². The van der Waals surface area contributed by atoms with Crippen molar-refractivity contribution in [3.05, 3.63) is 92.9 Å². The summed E-state index contributed by atoms with van der Waals surface area (Å²) in [6.07, 6.45) is 3.25. The summed E-state index contributed by atoms with van der Waals surface area (Å²) in [4.78, 5) is 61.2. The molecule has 3 aliphatic heterocycles. The second-order valence-electron chi connectivity index (χ2n) is 11.6. The minimum Gasteiger partial charge on any atom is -0.460 e. The standard InChI is InChI=1S/C30H29F2N4O8PS/c31-21-9-8-18-20(25(21)32)14-46-23-4-2-1-3-19(23)26(18)36-24-10-5-16(29(38)33-17-6-7-17)13-34(24)30(39)27-28(22(37)11-12-35(27)36)43-15-44-45(40,41)42/h1-4,8-9,11-12,16-17,24,26H,5-7,10,13-15H2,(H,33,38)(H2,40,41,42)/t16?,24-,26+/m1/s1. The minimum atomic E-state index is -4.98. The van der Waals surface area contributed by atoms with E-state index < -0.39 is 61.5 Å². The fourth-order valence-electron chi connectivity index (χ4n) is 6.43. The van der Waals surface area contributed by atoms with Crippen LogP contribution in [0.1, 0.15) is 58.9 Å². The third-order valence-corrected chi connectivity index (χ3v) is 10.3. The highest BCUT2D eigenvalue weighted by molar-refractivity contribution is 7.98. The molecule has 1 aliphatic carbocycles. The Morgan fingerprint density at radius 3 is 2.59 bits per heavy atom. The number of thioether (sulfide) groups is 1. The molecule has 4 aliphatic rings. The number of carbonyl (C=O) groups excluding carboxylic acids is 2. The van der Waals surface area contributed by atoms with Crippen LogP contribution in [0.3, 0.4) is 0 Å². The number of amides is 2. The number of nitrogens with zero attached hydrogens (tertiary/aromatic N) is 3. The number of aromatic nitrogens is 1. The molecule has 0 radical (unpaired) electrons. The monoisotopic (exact) mass is 674 g/mol. The van der Waals surface area contributed by atoms with E-state index >= 15 is 4.39 Å². The van der Waals surface area contributed by atoms with Crippen LogP contribution in [0, 0.1) is 17.6 Å². The molecule has 2 fully saturated rings. The van der Waals surface area contributed by atoms with Gasteiger partial charge in [0, 0.05) is 41.1 Å². The van der Waals surface area contributed by atoms with Gasteiger partial charge < -0.3 is 24.7 Å². The number of phosphoric acid groups is 1. The highest BCUT2D eigenvalue weighted by Gasteiger charge is 2.48. The number of rotatable bonds is 7. The number of pyridine rings is 1. The van der Waals surface area contributed by atoms with E-state index in [1.165, 1.54) is 33.6 Å². The van der Waals surface area contributed by atoms with Crippen molar-refractivity contribution in [2.24, 2.45) is 5.92 Å². The van der Waals surface area contributed by atoms with Gasteiger partial charge in [-0.2, -0.15) is 0 Å². The van der Waals surface area contributed by atoms with Crippen molar-refractivity contribution in [2.45, 2.75) is 54.6 Å². The van der Waals surface area contributed by atoms with E-state index in [1.54, 1.807) is 0 Å². The van der Waals surface area contributed by atoms with Crippen molar-refractivity contribution < 1.29 is 42.0 Å². The molecule has 7 rings (SSSR count). The third kappa shape index (κ3) is 5.60. The highest BCUT2D eigenvalue weighted by Crippen LogP contribution is 2.46. The van der Waals surface area contributed by atoms with Crippen molar-refractivity contribution in [3.8, 4) is 5.75 Å². The lowest BCUT2D eigenvalue weighted by atomic mass is 9.89. The largest absolute Gasteiger partial charge is 0.472 e. The summed E-state index contributed by atoms with van der Waals surface area (Å²) in [6, 6.07) is 10.4. The zero-order valence-electron chi connectivity index (χ0n) is 24.2. The van der Waals surface area contributed by atoms with E-state index in [9.17, 15) is 23.3 Å². The second kappa shape index (κ2) is 11.8. The van der Waals surface area contributed by atoms with Crippen LogP contribution in [0.5, 0.6) is 5.75 Å². The van der Waals surface area contributed by atoms with Gasteiger partial charge in [0.15, 0.2) is 17.3 Å². The Kier molecular flexibility index (Phi) is 7.92. The summed E-state index contributed by atoms with van der Waals surface area (Å²) >= 11 is 1.35. The summed E-state index contributed by atoms with van der Waals surface area (Å²) in [5.74, 6) is -3.71. The molecule has 12 nitrogen and oxygen atoms in total. The van der Waals surface area contributed by atoms with Crippen LogP contribution in [0.2, 0.25) is 0 Å². The van der Waals surface area contributed by atoms with E-state index in [0.29, 0.717) is 18.4 Å². The molecular formula is C30H29F2N4O8PS. The van der Waals surface area contributed by atoms with Gasteiger partial charge in [0.25, 0.3) is 5.91 Å². The third-order valence-electron chi connectivity index (χ3n) is 8.70. The number of carbonyl (C=O) groups is 2. The molecule has 2 aromatic carbocycles. The molecule has 0 spiro atoms. The fourth-order valence-corrected chi connectivity index (χ4v) is 7.73. The average Bonchev–Trinajstić information content (AvgIpc) is 3.86. The predicted octanol–water partition coefficient (Wildman–Crippen LogP) is 3.38. The molecule has 3 N–H and O–H groups in total. The van der Waals surface area contributed by atoms with Crippen LogP contribution in [0.15, 0.2) is 58.4 Å². The topological polar surface area (TPSA) is 151 Å². The Hall–Kier alpha value is -3.75. The van der Waals surface area contributed by atoms with E-state index in [-0.39, 0.29) is 35.5 Å². The van der Waals surface area contributed by atoms with Crippen LogP contribution in [0.4, 0.5) is 8.78 Å². The maximum Gasteiger partial charge on any atom is 0.472 e. The summed E-state index contributed by atoms with van der Waals surface area (Å²) in [5, 5.41) is 4.80. The molecule has 242 valence electrons. The second-order valence-corrected chi connectivity index (χ2v) is 13.9. The van der Waals surface area contributed by atoms with E-state index in [2.05, 4.69) is 9.84 Å². The molecular weight excluding hydrogens is 645 g/mol. The number of fused-ring (bicyclic) bond motifs is 4. The molecule has 1 aromatic heterocycles. The van der Waals surface area contributed by atoms with Crippen molar-refractivity contribution in [1.82, 2.24) is 14.9 Å². The molecule has 1 unspecified atom stereocenters. The summed E-state index contributed by atoms with van der Waals surface area (Å²) < 4.78 is 52.7. The van der Waals surface area contributed by atoms with Crippen molar-refractivity contribution in [1.29, 1.82) is 0 Å². The van der Waals surface area contributed by atoms with Crippen LogP contribution >= 0.6 is 19.6 Å². The summed E-state index contributed by atoms with van der Waals surface area (Å²) in [7, 11) is -4.98. The zero-order chi connectivity index (χ0) is 32.3. The quantitative estimate of drug-likeness (QED) is 0.252. The first-order chi connectivity index (χ1) is 22.0. The van der Waals surface area contributed by atoms with E-state index in [1.807, 2.05) is 29.3 Å². The maximum absolute atomic E-state index is 15.5. The lowest BCUT2D eigenvalue weighted by Crippen LogP contribution is -2.65. The molecule has 4 heterocycles. The Balaban J connectivity index is 1.41. The minimum absolute atomic E-state index is 0.00775. The number of piperidine rings is 1. The SMILES string of the molecule is O=C(NC1CC1)C1CC[C@@H]2N(C1)C(=O)c1c(OCOP(=O)(O)O)c(=O)ccn1N2[C@@H]1c2ccccc2SCc2c1ccc(F)c2F. The molecule has 46 heavy (non-hydrogen) atoms. The highest BCUT2D eigenvalue weighted by atomic mass is 32.2.